The Bertz CT molecular complexity index is 386. The number of ether oxygens (including phenoxy) is 1. The van der Waals surface area contributed by atoms with Crippen molar-refractivity contribution in [1.82, 2.24) is 9.88 Å². The predicted molar refractivity (Wildman–Crippen MR) is 64.9 cm³/mol. The molecule has 2 heterocycles. The number of rotatable bonds is 5. The van der Waals surface area contributed by atoms with Crippen LogP contribution in [0.15, 0.2) is 18.3 Å². The van der Waals surface area contributed by atoms with Gasteiger partial charge in [-0.2, -0.15) is 0 Å². The van der Waals surface area contributed by atoms with Crippen molar-refractivity contribution in [2.24, 2.45) is 0 Å². The Kier molecular flexibility index (Phi) is 4.63. The van der Waals surface area contributed by atoms with Gasteiger partial charge in [-0.1, -0.05) is 0 Å². The highest BCUT2D eigenvalue weighted by molar-refractivity contribution is 5.20. The van der Waals surface area contributed by atoms with Gasteiger partial charge in [0.15, 0.2) is 0 Å². The van der Waals surface area contributed by atoms with Crippen LogP contribution in [0.1, 0.15) is 25.0 Å². The van der Waals surface area contributed by atoms with Gasteiger partial charge in [-0.05, 0) is 57.5 Å². The molecular weight excluding hydrogens is 257 g/mol. The quantitative estimate of drug-likeness (QED) is 0.825. The predicted octanol–water partition coefficient (Wildman–Crippen LogP) is 3.01. The molecule has 106 valence electrons. The van der Waals surface area contributed by atoms with E-state index in [1.807, 2.05) is 0 Å². The highest BCUT2D eigenvalue weighted by atomic mass is 19.4. The molecule has 1 fully saturated rings. The SMILES string of the molecule is FC(F)(F)Oc1ccc(CCCN2CCCC2)nc1. The fourth-order valence-corrected chi connectivity index (χ4v) is 2.24. The summed E-state index contributed by atoms with van der Waals surface area (Å²) >= 11 is 0. The lowest BCUT2D eigenvalue weighted by atomic mass is 10.2. The van der Waals surface area contributed by atoms with Crippen molar-refractivity contribution in [1.29, 1.82) is 0 Å². The lowest BCUT2D eigenvalue weighted by Crippen LogP contribution is -2.20. The molecule has 1 aromatic heterocycles. The van der Waals surface area contributed by atoms with Gasteiger partial charge in [0.25, 0.3) is 0 Å². The number of aromatic nitrogens is 1. The highest BCUT2D eigenvalue weighted by Crippen LogP contribution is 2.21. The minimum absolute atomic E-state index is 0.268. The summed E-state index contributed by atoms with van der Waals surface area (Å²) in [7, 11) is 0. The van der Waals surface area contributed by atoms with E-state index < -0.39 is 6.36 Å². The highest BCUT2D eigenvalue weighted by Gasteiger charge is 2.31. The topological polar surface area (TPSA) is 25.4 Å². The second-order valence-corrected chi connectivity index (χ2v) is 4.69. The summed E-state index contributed by atoms with van der Waals surface area (Å²) < 4.78 is 39.7. The Morgan fingerprint density at radius 3 is 2.53 bits per heavy atom. The molecule has 0 spiro atoms. The van der Waals surface area contributed by atoms with Gasteiger partial charge in [-0.3, -0.25) is 4.98 Å². The van der Waals surface area contributed by atoms with Crippen LogP contribution >= 0.6 is 0 Å². The number of hydrogen-bond acceptors (Lipinski definition) is 3. The first-order chi connectivity index (χ1) is 9.03. The van der Waals surface area contributed by atoms with Crippen molar-refractivity contribution in [2.75, 3.05) is 19.6 Å². The fraction of sp³-hybridized carbons (Fsp3) is 0.615. The minimum atomic E-state index is -4.65. The third kappa shape index (κ3) is 5.06. The van der Waals surface area contributed by atoms with E-state index in [0.29, 0.717) is 0 Å². The van der Waals surface area contributed by atoms with Gasteiger partial charge < -0.3 is 9.64 Å². The lowest BCUT2D eigenvalue weighted by molar-refractivity contribution is -0.274. The molecule has 1 aromatic rings. The molecule has 0 bridgehead atoms. The number of alkyl halides is 3. The normalized spacial score (nSPS) is 16.8. The van der Waals surface area contributed by atoms with Crippen LogP contribution in [0, 0.1) is 0 Å². The van der Waals surface area contributed by atoms with Gasteiger partial charge in [0.05, 0.1) is 6.20 Å². The first kappa shape index (κ1) is 14.1. The number of nitrogens with zero attached hydrogens (tertiary/aromatic N) is 2. The average molecular weight is 274 g/mol. The molecule has 0 unspecified atom stereocenters. The van der Waals surface area contributed by atoms with Crippen LogP contribution in [0.5, 0.6) is 5.75 Å². The van der Waals surface area contributed by atoms with E-state index in [0.717, 1.165) is 44.4 Å². The summed E-state index contributed by atoms with van der Waals surface area (Å²) in [6.45, 7) is 3.35. The van der Waals surface area contributed by atoms with Crippen LogP contribution in [-0.4, -0.2) is 35.9 Å². The molecule has 0 amide bonds. The maximum absolute atomic E-state index is 12.0. The molecule has 6 heteroatoms. The number of halogens is 3. The second kappa shape index (κ2) is 6.23. The summed E-state index contributed by atoms with van der Waals surface area (Å²) in [6.07, 6.45) is 0.760. The van der Waals surface area contributed by atoms with E-state index in [1.54, 1.807) is 6.07 Å². The zero-order chi connectivity index (χ0) is 13.7. The molecule has 0 saturated carbocycles. The van der Waals surface area contributed by atoms with Gasteiger partial charge in [-0.15, -0.1) is 13.2 Å². The molecular formula is C13H17F3N2O. The molecule has 1 aliphatic rings. The Balaban J connectivity index is 1.75. The molecule has 1 saturated heterocycles. The Morgan fingerprint density at radius 2 is 1.95 bits per heavy atom. The molecule has 19 heavy (non-hydrogen) atoms. The third-order valence-electron chi connectivity index (χ3n) is 3.14. The van der Waals surface area contributed by atoms with Crippen molar-refractivity contribution in [3.05, 3.63) is 24.0 Å². The van der Waals surface area contributed by atoms with Gasteiger partial charge in [0.2, 0.25) is 0 Å². The number of likely N-dealkylation sites (tertiary alicyclic amines) is 1. The van der Waals surface area contributed by atoms with Crippen LogP contribution in [0.25, 0.3) is 0 Å². The van der Waals surface area contributed by atoms with Crippen LogP contribution in [-0.2, 0) is 6.42 Å². The van der Waals surface area contributed by atoms with Gasteiger partial charge in [-0.25, -0.2) is 0 Å². The van der Waals surface area contributed by atoms with E-state index in [1.165, 1.54) is 18.9 Å². The standard InChI is InChI=1S/C13H17F3N2O/c14-13(15,16)19-12-6-5-11(17-10-12)4-3-9-18-7-1-2-8-18/h5-6,10H,1-4,7-9H2. The molecule has 2 rings (SSSR count). The van der Waals surface area contributed by atoms with Crippen molar-refractivity contribution in [3.63, 3.8) is 0 Å². The van der Waals surface area contributed by atoms with E-state index in [-0.39, 0.29) is 5.75 Å². The second-order valence-electron chi connectivity index (χ2n) is 4.69. The van der Waals surface area contributed by atoms with Crippen LogP contribution in [0.4, 0.5) is 13.2 Å². The molecule has 0 radical (unpaired) electrons. The van der Waals surface area contributed by atoms with Crippen LogP contribution in [0.2, 0.25) is 0 Å². The Morgan fingerprint density at radius 1 is 1.21 bits per heavy atom. The maximum atomic E-state index is 12.0. The third-order valence-corrected chi connectivity index (χ3v) is 3.14. The van der Waals surface area contributed by atoms with E-state index in [2.05, 4.69) is 14.6 Å². The lowest BCUT2D eigenvalue weighted by Gasteiger charge is -2.13. The van der Waals surface area contributed by atoms with Crippen LogP contribution in [0.3, 0.4) is 0 Å². The molecule has 3 nitrogen and oxygen atoms in total. The largest absolute Gasteiger partial charge is 0.573 e. The number of pyridine rings is 1. The zero-order valence-corrected chi connectivity index (χ0v) is 10.6. The van der Waals surface area contributed by atoms with Crippen molar-refractivity contribution in [3.8, 4) is 5.75 Å². The molecule has 0 atom stereocenters. The van der Waals surface area contributed by atoms with Crippen molar-refractivity contribution in [2.45, 2.75) is 32.0 Å². The zero-order valence-electron chi connectivity index (χ0n) is 10.6. The smallest absolute Gasteiger partial charge is 0.404 e. The molecule has 1 aliphatic heterocycles. The maximum Gasteiger partial charge on any atom is 0.573 e. The van der Waals surface area contributed by atoms with Crippen LogP contribution < -0.4 is 4.74 Å². The van der Waals surface area contributed by atoms with E-state index >= 15 is 0 Å². The average Bonchev–Trinajstić information content (AvgIpc) is 2.82. The molecule has 0 N–H and O–H groups in total. The summed E-state index contributed by atoms with van der Waals surface area (Å²) in [6, 6.07) is 2.90. The fourth-order valence-electron chi connectivity index (χ4n) is 2.24. The van der Waals surface area contributed by atoms with Gasteiger partial charge in [0.1, 0.15) is 5.75 Å². The first-order valence-corrected chi connectivity index (χ1v) is 6.46. The molecule has 0 aliphatic carbocycles. The number of hydrogen-bond donors (Lipinski definition) is 0. The first-order valence-electron chi connectivity index (χ1n) is 6.46. The van der Waals surface area contributed by atoms with E-state index in [4.69, 9.17) is 0 Å². The van der Waals surface area contributed by atoms with Crippen molar-refractivity contribution >= 4 is 0 Å². The van der Waals surface area contributed by atoms with E-state index in [9.17, 15) is 13.2 Å². The molecule has 0 aromatic carbocycles. The summed E-state index contributed by atoms with van der Waals surface area (Å²) in [5.74, 6) is -0.268. The summed E-state index contributed by atoms with van der Waals surface area (Å²) in [5, 5.41) is 0. The van der Waals surface area contributed by atoms with Crippen molar-refractivity contribution < 1.29 is 17.9 Å². The summed E-state index contributed by atoms with van der Waals surface area (Å²) in [5.41, 5.74) is 0.800. The Hall–Kier alpha value is -1.30. The Labute approximate surface area is 110 Å². The van der Waals surface area contributed by atoms with Gasteiger partial charge in [0, 0.05) is 5.69 Å². The monoisotopic (exact) mass is 274 g/mol. The summed E-state index contributed by atoms with van der Waals surface area (Å²) in [4.78, 5) is 6.39. The number of aryl methyl sites for hydroxylation is 1. The van der Waals surface area contributed by atoms with Gasteiger partial charge >= 0.3 is 6.36 Å². The minimum Gasteiger partial charge on any atom is -0.404 e.